The first kappa shape index (κ1) is 9.79. The number of hydrogen-bond donors (Lipinski definition) is 0. The summed E-state index contributed by atoms with van der Waals surface area (Å²) in [5.74, 6) is -0.663. The summed E-state index contributed by atoms with van der Waals surface area (Å²) < 4.78 is 13.0. The van der Waals surface area contributed by atoms with Crippen molar-refractivity contribution in [3.63, 3.8) is 0 Å². The number of benzene rings is 1. The van der Waals surface area contributed by atoms with Gasteiger partial charge >= 0.3 is 0 Å². The molecule has 0 spiro atoms. The van der Waals surface area contributed by atoms with Gasteiger partial charge in [0.1, 0.15) is 11.9 Å². The van der Waals surface area contributed by atoms with Gasteiger partial charge in [0, 0.05) is 0 Å². The molecule has 1 rings (SSSR count). The van der Waals surface area contributed by atoms with Crippen molar-refractivity contribution in [2.75, 3.05) is 0 Å². The van der Waals surface area contributed by atoms with Crippen molar-refractivity contribution in [3.8, 4) is 6.07 Å². The average Bonchev–Trinajstić information content (AvgIpc) is 2.08. The van der Waals surface area contributed by atoms with Crippen molar-refractivity contribution in [2.45, 2.75) is 0 Å². The van der Waals surface area contributed by atoms with Crippen LogP contribution in [-0.2, 0) is 0 Å². The lowest BCUT2D eigenvalue weighted by molar-refractivity contribution is 0.627. The molecule has 0 aromatic heterocycles. The minimum atomic E-state index is -0.663. The molecular formula is C7HBrCl2FN. The number of hydrogen-bond acceptors (Lipinski definition) is 1. The minimum absolute atomic E-state index is 0.0606. The topological polar surface area (TPSA) is 23.8 Å². The number of nitrogens with zero attached hydrogens (tertiary/aromatic N) is 1. The van der Waals surface area contributed by atoms with Crippen molar-refractivity contribution >= 4 is 39.1 Å². The molecule has 0 unspecified atom stereocenters. The van der Waals surface area contributed by atoms with E-state index in [1.807, 2.05) is 0 Å². The second-order valence-electron chi connectivity index (χ2n) is 1.96. The number of rotatable bonds is 0. The molecule has 0 fully saturated rings. The Morgan fingerprint density at radius 3 is 2.50 bits per heavy atom. The normalized spacial score (nSPS) is 9.58. The van der Waals surface area contributed by atoms with Crippen molar-refractivity contribution in [3.05, 3.63) is 32.0 Å². The summed E-state index contributed by atoms with van der Waals surface area (Å²) in [6.45, 7) is 0. The van der Waals surface area contributed by atoms with Crippen LogP contribution in [0.3, 0.4) is 0 Å². The van der Waals surface area contributed by atoms with Crippen LogP contribution < -0.4 is 0 Å². The van der Waals surface area contributed by atoms with E-state index < -0.39 is 5.82 Å². The highest BCUT2D eigenvalue weighted by molar-refractivity contribution is 9.10. The lowest BCUT2D eigenvalue weighted by atomic mass is 10.2. The minimum Gasteiger partial charge on any atom is -0.205 e. The molecule has 0 saturated heterocycles. The van der Waals surface area contributed by atoms with Gasteiger partial charge in [0.05, 0.1) is 20.1 Å². The summed E-state index contributed by atoms with van der Waals surface area (Å²) in [5.41, 5.74) is 0.0606. The molecule has 0 aliphatic heterocycles. The van der Waals surface area contributed by atoms with E-state index >= 15 is 0 Å². The molecular weight excluding hydrogens is 268 g/mol. The van der Waals surface area contributed by atoms with E-state index in [0.29, 0.717) is 0 Å². The van der Waals surface area contributed by atoms with Gasteiger partial charge < -0.3 is 0 Å². The van der Waals surface area contributed by atoms with Gasteiger partial charge in [-0.2, -0.15) is 5.26 Å². The molecule has 12 heavy (non-hydrogen) atoms. The molecule has 0 aliphatic carbocycles. The van der Waals surface area contributed by atoms with Gasteiger partial charge in [-0.3, -0.25) is 0 Å². The van der Waals surface area contributed by atoms with Crippen LogP contribution in [0.25, 0.3) is 0 Å². The summed E-state index contributed by atoms with van der Waals surface area (Å²) in [6, 6.07) is 2.74. The highest BCUT2D eigenvalue weighted by atomic mass is 79.9. The maximum absolute atomic E-state index is 12.8. The quantitative estimate of drug-likeness (QED) is 0.519. The fourth-order valence-corrected chi connectivity index (χ4v) is 1.45. The highest BCUT2D eigenvalue weighted by Crippen LogP contribution is 2.34. The molecule has 0 heterocycles. The second-order valence-corrected chi connectivity index (χ2v) is 3.51. The summed E-state index contributed by atoms with van der Waals surface area (Å²) in [4.78, 5) is 0. The largest absolute Gasteiger partial charge is 0.205 e. The summed E-state index contributed by atoms with van der Waals surface area (Å²) >= 11 is 14.1. The first-order chi connectivity index (χ1) is 5.57. The Kier molecular flexibility index (Phi) is 2.94. The first-order valence-electron chi connectivity index (χ1n) is 2.81. The Labute approximate surface area is 86.8 Å². The van der Waals surface area contributed by atoms with Crippen LogP contribution >= 0.6 is 39.1 Å². The van der Waals surface area contributed by atoms with Gasteiger partial charge in [0.2, 0.25) is 0 Å². The smallest absolute Gasteiger partial charge is 0.144 e. The van der Waals surface area contributed by atoms with Crippen LogP contribution in [0.2, 0.25) is 10.0 Å². The van der Waals surface area contributed by atoms with E-state index in [0.717, 1.165) is 6.07 Å². The Morgan fingerprint density at radius 2 is 2.00 bits per heavy atom. The van der Waals surface area contributed by atoms with Gasteiger partial charge in [0.25, 0.3) is 0 Å². The summed E-state index contributed by atoms with van der Waals surface area (Å²) in [6.07, 6.45) is 0. The average molecular weight is 269 g/mol. The van der Waals surface area contributed by atoms with E-state index in [-0.39, 0.29) is 20.1 Å². The van der Waals surface area contributed by atoms with Gasteiger partial charge in [-0.1, -0.05) is 23.2 Å². The molecule has 5 heteroatoms. The van der Waals surface area contributed by atoms with Gasteiger partial charge in [-0.15, -0.1) is 0 Å². The fraction of sp³-hybridized carbons (Fsp3) is 0. The zero-order chi connectivity index (χ0) is 9.30. The predicted molar refractivity (Wildman–Crippen MR) is 48.8 cm³/mol. The van der Waals surface area contributed by atoms with Gasteiger partial charge in [-0.05, 0) is 22.0 Å². The predicted octanol–water partition coefficient (Wildman–Crippen LogP) is 3.77. The molecule has 1 aromatic rings. The third-order valence-corrected chi connectivity index (χ3v) is 3.23. The monoisotopic (exact) mass is 267 g/mol. The molecule has 62 valence electrons. The molecule has 0 N–H and O–H groups in total. The van der Waals surface area contributed by atoms with Crippen LogP contribution in [0.4, 0.5) is 4.39 Å². The molecule has 0 saturated carbocycles. The van der Waals surface area contributed by atoms with E-state index in [2.05, 4.69) is 15.9 Å². The second kappa shape index (κ2) is 3.61. The Bertz CT molecular complexity index is 373. The maximum atomic E-state index is 12.8. The van der Waals surface area contributed by atoms with E-state index in [1.54, 1.807) is 6.07 Å². The van der Waals surface area contributed by atoms with E-state index in [9.17, 15) is 4.39 Å². The molecule has 1 aromatic carbocycles. The molecule has 0 amide bonds. The Morgan fingerprint density at radius 1 is 1.42 bits per heavy atom. The molecule has 0 atom stereocenters. The Balaban J connectivity index is 3.52. The van der Waals surface area contributed by atoms with Gasteiger partial charge in [0.15, 0.2) is 0 Å². The summed E-state index contributed by atoms with van der Waals surface area (Å²) in [7, 11) is 0. The van der Waals surface area contributed by atoms with Crippen LogP contribution in [0.5, 0.6) is 0 Å². The molecule has 0 aliphatic rings. The number of nitriles is 1. The standard InChI is InChI=1S/C7HBrCl2FN/c8-5-6(9)3(2-12)1-4(11)7(5)10/h1H. The van der Waals surface area contributed by atoms with Crippen LogP contribution in [0.15, 0.2) is 10.5 Å². The Hall–Kier alpha value is -0.300. The third-order valence-electron chi connectivity index (χ3n) is 1.22. The van der Waals surface area contributed by atoms with E-state index in [1.165, 1.54) is 0 Å². The molecule has 0 radical (unpaired) electrons. The number of halogens is 4. The van der Waals surface area contributed by atoms with Crippen molar-refractivity contribution in [1.29, 1.82) is 5.26 Å². The zero-order valence-corrected chi connectivity index (χ0v) is 8.63. The fourth-order valence-electron chi connectivity index (χ4n) is 0.654. The third kappa shape index (κ3) is 1.56. The van der Waals surface area contributed by atoms with Crippen molar-refractivity contribution in [2.24, 2.45) is 0 Å². The SMILES string of the molecule is N#Cc1cc(F)c(Cl)c(Br)c1Cl. The lowest BCUT2D eigenvalue weighted by Crippen LogP contribution is -1.85. The maximum Gasteiger partial charge on any atom is 0.144 e. The van der Waals surface area contributed by atoms with E-state index in [4.69, 9.17) is 28.5 Å². The zero-order valence-electron chi connectivity index (χ0n) is 5.54. The molecule has 0 bridgehead atoms. The highest BCUT2D eigenvalue weighted by Gasteiger charge is 2.12. The molecule has 1 nitrogen and oxygen atoms in total. The van der Waals surface area contributed by atoms with Gasteiger partial charge in [-0.25, -0.2) is 4.39 Å². The van der Waals surface area contributed by atoms with Crippen molar-refractivity contribution in [1.82, 2.24) is 0 Å². The first-order valence-corrected chi connectivity index (χ1v) is 4.36. The van der Waals surface area contributed by atoms with Crippen molar-refractivity contribution < 1.29 is 4.39 Å². The summed E-state index contributed by atoms with van der Waals surface area (Å²) in [5, 5.41) is 8.51. The lowest BCUT2D eigenvalue weighted by Gasteiger charge is -2.01. The van der Waals surface area contributed by atoms with Crippen LogP contribution in [0.1, 0.15) is 5.56 Å². The van der Waals surface area contributed by atoms with Crippen LogP contribution in [0, 0.1) is 17.1 Å². The van der Waals surface area contributed by atoms with Crippen LogP contribution in [-0.4, -0.2) is 0 Å².